The lowest BCUT2D eigenvalue weighted by atomic mass is 9.84. The standard InChI is InChI=1S/C14H22N2O4/c15-12-8-2-1-7(5-8)11(12)13(17)16-6-9-3-4-10(20-9)14(18)19/h7-12H,1-6,15H2,(H,16,17)(H,18,19). The van der Waals surface area contributed by atoms with Gasteiger partial charge in [0.25, 0.3) is 0 Å². The predicted molar refractivity (Wildman–Crippen MR) is 70.8 cm³/mol. The molecule has 3 rings (SSSR count). The van der Waals surface area contributed by atoms with E-state index in [4.69, 9.17) is 15.6 Å². The van der Waals surface area contributed by atoms with Crippen LogP contribution in [0.2, 0.25) is 0 Å². The molecule has 0 spiro atoms. The number of hydrogen-bond donors (Lipinski definition) is 3. The zero-order valence-electron chi connectivity index (χ0n) is 11.5. The number of carboxylic acid groups (broad SMARTS) is 1. The molecule has 112 valence electrons. The van der Waals surface area contributed by atoms with E-state index in [9.17, 15) is 9.59 Å². The first-order valence-corrected chi connectivity index (χ1v) is 7.48. The summed E-state index contributed by atoms with van der Waals surface area (Å²) in [6, 6.07) is -0.00925. The number of rotatable bonds is 4. The van der Waals surface area contributed by atoms with E-state index in [0.29, 0.717) is 31.2 Å². The molecule has 0 radical (unpaired) electrons. The minimum absolute atomic E-state index is 0.00925. The molecule has 1 heterocycles. The molecule has 2 bridgehead atoms. The first kappa shape index (κ1) is 13.8. The van der Waals surface area contributed by atoms with Crippen LogP contribution in [-0.2, 0) is 14.3 Å². The van der Waals surface area contributed by atoms with Crippen LogP contribution in [0.25, 0.3) is 0 Å². The van der Waals surface area contributed by atoms with Gasteiger partial charge in [-0.25, -0.2) is 4.79 Å². The molecule has 3 fully saturated rings. The van der Waals surface area contributed by atoms with Crippen molar-refractivity contribution in [3.8, 4) is 0 Å². The van der Waals surface area contributed by atoms with Crippen molar-refractivity contribution in [2.75, 3.05) is 6.54 Å². The highest BCUT2D eigenvalue weighted by Crippen LogP contribution is 2.47. The van der Waals surface area contributed by atoms with E-state index in [1.165, 1.54) is 0 Å². The van der Waals surface area contributed by atoms with Crippen molar-refractivity contribution in [3.63, 3.8) is 0 Å². The summed E-state index contributed by atoms with van der Waals surface area (Å²) >= 11 is 0. The van der Waals surface area contributed by atoms with Crippen molar-refractivity contribution in [3.05, 3.63) is 0 Å². The fourth-order valence-corrected chi connectivity index (χ4v) is 4.09. The Bertz CT molecular complexity index is 412. The van der Waals surface area contributed by atoms with Crippen LogP contribution in [0.5, 0.6) is 0 Å². The van der Waals surface area contributed by atoms with Crippen molar-refractivity contribution in [2.45, 2.75) is 50.4 Å². The van der Waals surface area contributed by atoms with Gasteiger partial charge in [0.2, 0.25) is 5.91 Å². The lowest BCUT2D eigenvalue weighted by Gasteiger charge is -2.27. The minimum Gasteiger partial charge on any atom is -0.479 e. The van der Waals surface area contributed by atoms with Crippen LogP contribution in [0, 0.1) is 17.8 Å². The van der Waals surface area contributed by atoms with Crippen LogP contribution < -0.4 is 11.1 Å². The maximum absolute atomic E-state index is 12.3. The fraction of sp³-hybridized carbons (Fsp3) is 0.857. The minimum atomic E-state index is -0.922. The second-order valence-electron chi connectivity index (χ2n) is 6.34. The summed E-state index contributed by atoms with van der Waals surface area (Å²) in [5.74, 6) is -0.0208. The smallest absolute Gasteiger partial charge is 0.332 e. The summed E-state index contributed by atoms with van der Waals surface area (Å²) < 4.78 is 5.38. The van der Waals surface area contributed by atoms with Crippen LogP contribution in [0.4, 0.5) is 0 Å². The summed E-state index contributed by atoms with van der Waals surface area (Å²) in [5, 5.41) is 11.8. The summed E-state index contributed by atoms with van der Waals surface area (Å²) in [5.41, 5.74) is 6.14. The summed E-state index contributed by atoms with van der Waals surface area (Å²) in [6.07, 6.45) is 3.64. The molecule has 4 N–H and O–H groups in total. The molecular weight excluding hydrogens is 260 g/mol. The van der Waals surface area contributed by atoms with Gasteiger partial charge >= 0.3 is 5.97 Å². The zero-order chi connectivity index (χ0) is 14.3. The molecule has 0 aromatic heterocycles. The number of nitrogens with two attached hydrogens (primary N) is 1. The lowest BCUT2D eigenvalue weighted by Crippen LogP contribution is -2.46. The molecule has 1 saturated heterocycles. The Kier molecular flexibility index (Phi) is 3.69. The maximum Gasteiger partial charge on any atom is 0.332 e. The molecule has 6 unspecified atom stereocenters. The number of carbonyl (C=O) groups is 2. The Hall–Kier alpha value is -1.14. The van der Waals surface area contributed by atoms with E-state index in [2.05, 4.69) is 5.32 Å². The first-order chi connectivity index (χ1) is 9.56. The molecule has 3 aliphatic rings. The Morgan fingerprint density at radius 3 is 2.55 bits per heavy atom. The molecule has 6 atom stereocenters. The predicted octanol–water partition coefficient (Wildman–Crippen LogP) is 0.108. The normalized spacial score (nSPS) is 42.9. The van der Waals surface area contributed by atoms with E-state index in [-0.39, 0.29) is 24.0 Å². The van der Waals surface area contributed by atoms with Crippen LogP contribution in [0.15, 0.2) is 0 Å². The van der Waals surface area contributed by atoms with Crippen molar-refractivity contribution in [1.29, 1.82) is 0 Å². The third-order valence-electron chi connectivity index (χ3n) is 5.17. The number of amides is 1. The highest BCUT2D eigenvalue weighted by molar-refractivity contribution is 5.80. The number of nitrogens with one attached hydrogen (secondary N) is 1. The van der Waals surface area contributed by atoms with Gasteiger partial charge in [0, 0.05) is 12.6 Å². The molecule has 1 aliphatic heterocycles. The van der Waals surface area contributed by atoms with E-state index >= 15 is 0 Å². The fourth-order valence-electron chi connectivity index (χ4n) is 4.09. The number of carboxylic acids is 1. The molecule has 2 aliphatic carbocycles. The highest BCUT2D eigenvalue weighted by Gasteiger charge is 2.49. The topological polar surface area (TPSA) is 102 Å². The number of aliphatic carboxylic acids is 1. The molecule has 6 nitrogen and oxygen atoms in total. The zero-order valence-corrected chi connectivity index (χ0v) is 11.5. The van der Waals surface area contributed by atoms with E-state index in [1.807, 2.05) is 0 Å². The molecule has 20 heavy (non-hydrogen) atoms. The second-order valence-corrected chi connectivity index (χ2v) is 6.34. The van der Waals surface area contributed by atoms with Crippen molar-refractivity contribution in [1.82, 2.24) is 5.32 Å². The number of hydrogen-bond acceptors (Lipinski definition) is 4. The van der Waals surface area contributed by atoms with Crippen molar-refractivity contribution < 1.29 is 19.4 Å². The van der Waals surface area contributed by atoms with Gasteiger partial charge in [-0.05, 0) is 43.9 Å². The van der Waals surface area contributed by atoms with Crippen molar-refractivity contribution in [2.24, 2.45) is 23.5 Å². The third kappa shape index (κ3) is 2.42. The van der Waals surface area contributed by atoms with Crippen LogP contribution >= 0.6 is 0 Å². The molecule has 0 aromatic carbocycles. The van der Waals surface area contributed by atoms with Crippen LogP contribution in [-0.4, -0.2) is 41.8 Å². The van der Waals surface area contributed by atoms with E-state index < -0.39 is 12.1 Å². The van der Waals surface area contributed by atoms with Crippen molar-refractivity contribution >= 4 is 11.9 Å². The molecule has 0 aromatic rings. The maximum atomic E-state index is 12.3. The average molecular weight is 282 g/mol. The quantitative estimate of drug-likeness (QED) is 0.679. The highest BCUT2D eigenvalue weighted by atomic mass is 16.5. The molecule has 6 heteroatoms. The average Bonchev–Trinajstić information content (AvgIpc) is 3.11. The third-order valence-corrected chi connectivity index (χ3v) is 5.17. The Morgan fingerprint density at radius 1 is 1.20 bits per heavy atom. The van der Waals surface area contributed by atoms with Gasteiger partial charge in [-0.1, -0.05) is 0 Å². The molecule has 1 amide bonds. The monoisotopic (exact) mass is 282 g/mol. The number of ether oxygens (including phenoxy) is 1. The summed E-state index contributed by atoms with van der Waals surface area (Å²) in [6.45, 7) is 0.392. The van der Waals surface area contributed by atoms with E-state index in [1.54, 1.807) is 0 Å². The number of fused-ring (bicyclic) bond motifs is 2. The summed E-state index contributed by atoms with van der Waals surface area (Å²) in [4.78, 5) is 23.0. The van der Waals surface area contributed by atoms with Gasteiger partial charge in [0.05, 0.1) is 12.0 Å². The van der Waals surface area contributed by atoms with Gasteiger partial charge in [-0.2, -0.15) is 0 Å². The molecule has 2 saturated carbocycles. The molecular formula is C14H22N2O4. The first-order valence-electron chi connectivity index (χ1n) is 7.48. The Balaban J connectivity index is 1.47. The van der Waals surface area contributed by atoms with Gasteiger partial charge in [-0.15, -0.1) is 0 Å². The SMILES string of the molecule is NC1C2CCC(C2)C1C(=O)NCC1CCC(C(=O)O)O1. The second kappa shape index (κ2) is 5.33. The summed E-state index contributed by atoms with van der Waals surface area (Å²) in [7, 11) is 0. The van der Waals surface area contributed by atoms with Gasteiger partial charge in [-0.3, -0.25) is 4.79 Å². The van der Waals surface area contributed by atoms with E-state index in [0.717, 1.165) is 19.3 Å². The van der Waals surface area contributed by atoms with Crippen LogP contribution in [0.1, 0.15) is 32.1 Å². The van der Waals surface area contributed by atoms with Gasteiger partial charge in [0.1, 0.15) is 0 Å². The van der Waals surface area contributed by atoms with Gasteiger partial charge in [0.15, 0.2) is 6.10 Å². The Labute approximate surface area is 118 Å². The largest absolute Gasteiger partial charge is 0.479 e. The number of carbonyl (C=O) groups excluding carboxylic acids is 1. The van der Waals surface area contributed by atoms with Gasteiger partial charge < -0.3 is 20.9 Å². The van der Waals surface area contributed by atoms with Crippen LogP contribution in [0.3, 0.4) is 0 Å². The lowest BCUT2D eigenvalue weighted by molar-refractivity contribution is -0.149. The Morgan fingerprint density at radius 2 is 1.95 bits per heavy atom.